The lowest BCUT2D eigenvalue weighted by atomic mass is 9.84. The van der Waals surface area contributed by atoms with E-state index < -0.39 is 0 Å². The Morgan fingerprint density at radius 3 is 2.70 bits per heavy atom. The van der Waals surface area contributed by atoms with Crippen LogP contribution in [-0.2, 0) is 11.2 Å². The number of carbonyl (C=O) groups is 1. The highest BCUT2D eigenvalue weighted by atomic mass is 79.9. The van der Waals surface area contributed by atoms with Crippen LogP contribution in [0.15, 0.2) is 47.0 Å². The van der Waals surface area contributed by atoms with Gasteiger partial charge in [-0.2, -0.15) is 0 Å². The second kappa shape index (κ2) is 13.4. The lowest BCUT2D eigenvalue weighted by Crippen LogP contribution is -2.09. The Balaban J connectivity index is 1.52. The smallest absolute Gasteiger partial charge is 0.348 e. The van der Waals surface area contributed by atoms with E-state index >= 15 is 0 Å². The second-order valence-corrected chi connectivity index (χ2v) is 10.8. The first-order valence-corrected chi connectivity index (χ1v) is 13.6. The summed E-state index contributed by atoms with van der Waals surface area (Å²) >= 11 is 5.27. The van der Waals surface area contributed by atoms with Crippen LogP contribution < -0.4 is 0 Å². The summed E-state index contributed by atoms with van der Waals surface area (Å²) in [6.45, 7) is 2.06. The standard InChI is InChI=1S/C27H35BrO4S/c1-2-3-4-8-24(30)19-9-11-21(12-10-19)26-20(13-15-23(26)28)6-5-7-22-14-16-25(33-22)27(31)32-18-17-29/h9-12,14-16,20,24,26,29-30H,2-8,13,17-18H2,1H3/t20-,24?,26?/m0/s1. The van der Waals surface area contributed by atoms with Gasteiger partial charge in [-0.15, -0.1) is 11.3 Å². The van der Waals surface area contributed by atoms with Crippen LogP contribution in [0.25, 0.3) is 0 Å². The molecule has 6 heteroatoms. The SMILES string of the molecule is CCCCCC(O)c1ccc(C2C(Br)=CC[C@@H]2CCCc2ccc(C(=O)OCCO)s2)cc1. The van der Waals surface area contributed by atoms with E-state index in [-0.39, 0.29) is 25.3 Å². The van der Waals surface area contributed by atoms with E-state index in [2.05, 4.69) is 53.2 Å². The molecule has 3 rings (SSSR count). The molecule has 4 nitrogen and oxygen atoms in total. The molecule has 0 fully saturated rings. The van der Waals surface area contributed by atoms with Gasteiger partial charge in [-0.3, -0.25) is 0 Å². The number of aliphatic hydroxyl groups is 2. The van der Waals surface area contributed by atoms with Gasteiger partial charge < -0.3 is 14.9 Å². The van der Waals surface area contributed by atoms with E-state index in [1.807, 2.05) is 12.1 Å². The van der Waals surface area contributed by atoms with Crippen molar-refractivity contribution >= 4 is 33.2 Å². The van der Waals surface area contributed by atoms with Crippen LogP contribution in [0.3, 0.4) is 0 Å². The molecule has 1 aromatic heterocycles. The molecule has 1 aliphatic rings. The number of hydrogen-bond donors (Lipinski definition) is 2. The number of aliphatic hydroxyl groups excluding tert-OH is 2. The van der Waals surface area contributed by atoms with Crippen molar-refractivity contribution in [2.75, 3.05) is 13.2 Å². The summed E-state index contributed by atoms with van der Waals surface area (Å²) < 4.78 is 6.25. The monoisotopic (exact) mass is 534 g/mol. The minimum Gasteiger partial charge on any atom is -0.459 e. The third-order valence-corrected chi connectivity index (χ3v) is 8.27. The topological polar surface area (TPSA) is 66.8 Å². The Morgan fingerprint density at radius 2 is 1.97 bits per heavy atom. The van der Waals surface area contributed by atoms with Crippen molar-refractivity contribution in [3.8, 4) is 0 Å². The second-order valence-electron chi connectivity index (χ2n) is 8.76. The molecule has 180 valence electrons. The van der Waals surface area contributed by atoms with Crippen molar-refractivity contribution in [3.63, 3.8) is 0 Å². The van der Waals surface area contributed by atoms with Gasteiger partial charge in [0.15, 0.2) is 0 Å². The van der Waals surface area contributed by atoms with E-state index in [9.17, 15) is 9.90 Å². The maximum Gasteiger partial charge on any atom is 0.348 e. The van der Waals surface area contributed by atoms with Gasteiger partial charge in [-0.05, 0) is 65.8 Å². The van der Waals surface area contributed by atoms with Gasteiger partial charge in [0, 0.05) is 10.8 Å². The summed E-state index contributed by atoms with van der Waals surface area (Å²) in [5, 5.41) is 19.2. The minimum absolute atomic E-state index is 0.0375. The molecular weight excluding hydrogens is 500 g/mol. The fourth-order valence-corrected chi connectivity index (χ4v) is 6.29. The normalized spacial score (nSPS) is 18.8. The maximum absolute atomic E-state index is 11.9. The number of hydrogen-bond acceptors (Lipinski definition) is 5. The van der Waals surface area contributed by atoms with Gasteiger partial charge >= 0.3 is 5.97 Å². The summed E-state index contributed by atoms with van der Waals surface area (Å²) in [4.78, 5) is 13.7. The maximum atomic E-state index is 11.9. The molecule has 2 unspecified atom stereocenters. The minimum atomic E-state index is -0.374. The number of allylic oxidation sites excluding steroid dienone is 2. The van der Waals surface area contributed by atoms with E-state index in [0.29, 0.717) is 16.7 Å². The Morgan fingerprint density at radius 1 is 1.18 bits per heavy atom. The lowest BCUT2D eigenvalue weighted by molar-refractivity contribution is 0.0439. The first kappa shape index (κ1) is 26.1. The first-order valence-electron chi connectivity index (χ1n) is 12.0. The average Bonchev–Trinajstić information content (AvgIpc) is 3.44. The van der Waals surface area contributed by atoms with E-state index in [4.69, 9.17) is 9.84 Å². The van der Waals surface area contributed by atoms with Crippen LogP contribution >= 0.6 is 27.3 Å². The average molecular weight is 536 g/mol. The number of esters is 1. The van der Waals surface area contributed by atoms with Crippen molar-refractivity contribution in [2.45, 2.75) is 70.3 Å². The highest BCUT2D eigenvalue weighted by molar-refractivity contribution is 9.11. The Kier molecular flexibility index (Phi) is 10.6. The largest absolute Gasteiger partial charge is 0.459 e. The first-order chi connectivity index (χ1) is 16.0. The Hall–Kier alpha value is -1.47. The van der Waals surface area contributed by atoms with Gasteiger partial charge in [-0.25, -0.2) is 4.79 Å². The number of rotatable bonds is 13. The number of halogens is 1. The quantitative estimate of drug-likeness (QED) is 0.216. The predicted octanol–water partition coefficient (Wildman–Crippen LogP) is 6.92. The van der Waals surface area contributed by atoms with Crippen LogP contribution in [0, 0.1) is 5.92 Å². The molecule has 0 amide bonds. The van der Waals surface area contributed by atoms with Gasteiger partial charge in [0.05, 0.1) is 12.7 Å². The zero-order valence-electron chi connectivity index (χ0n) is 19.3. The van der Waals surface area contributed by atoms with Crippen molar-refractivity contribution < 1.29 is 19.7 Å². The molecule has 2 aromatic rings. The van der Waals surface area contributed by atoms with Crippen molar-refractivity contribution in [2.24, 2.45) is 5.92 Å². The third-order valence-electron chi connectivity index (χ3n) is 6.33. The van der Waals surface area contributed by atoms with Crippen LogP contribution in [-0.4, -0.2) is 29.4 Å². The molecule has 1 heterocycles. The van der Waals surface area contributed by atoms with Crippen molar-refractivity contribution in [3.05, 3.63) is 67.8 Å². The number of thiophene rings is 1. The van der Waals surface area contributed by atoms with Crippen LogP contribution in [0.4, 0.5) is 0 Å². The molecule has 0 spiro atoms. The number of ether oxygens (including phenoxy) is 1. The van der Waals surface area contributed by atoms with Crippen LogP contribution in [0.5, 0.6) is 0 Å². The van der Waals surface area contributed by atoms with Gasteiger partial charge in [0.2, 0.25) is 0 Å². The predicted molar refractivity (Wildman–Crippen MR) is 138 cm³/mol. The van der Waals surface area contributed by atoms with Gasteiger partial charge in [-0.1, -0.05) is 72.5 Å². The molecule has 1 aliphatic carbocycles. The fraction of sp³-hybridized carbons (Fsp3) is 0.519. The molecule has 3 atom stereocenters. The molecule has 33 heavy (non-hydrogen) atoms. The summed E-state index contributed by atoms with van der Waals surface area (Å²) in [7, 11) is 0. The lowest BCUT2D eigenvalue weighted by Gasteiger charge is -2.22. The molecule has 2 N–H and O–H groups in total. The van der Waals surface area contributed by atoms with Crippen LogP contribution in [0.2, 0.25) is 0 Å². The van der Waals surface area contributed by atoms with E-state index in [1.165, 1.54) is 32.7 Å². The molecule has 0 saturated carbocycles. The molecule has 0 bridgehead atoms. The van der Waals surface area contributed by atoms with E-state index in [1.54, 1.807) is 0 Å². The molecule has 0 radical (unpaired) electrons. The number of carbonyl (C=O) groups excluding carboxylic acids is 1. The highest BCUT2D eigenvalue weighted by Crippen LogP contribution is 2.45. The number of aryl methyl sites for hydroxylation is 1. The number of unbranched alkanes of at least 4 members (excludes halogenated alkanes) is 2. The summed E-state index contributed by atoms with van der Waals surface area (Å²) in [6.07, 6.45) is 10.3. The summed E-state index contributed by atoms with van der Waals surface area (Å²) in [5.41, 5.74) is 2.31. The Labute approximate surface area is 209 Å². The third kappa shape index (κ3) is 7.51. The zero-order chi connectivity index (χ0) is 23.6. The molecule has 1 aromatic carbocycles. The van der Waals surface area contributed by atoms with Crippen molar-refractivity contribution in [1.82, 2.24) is 0 Å². The van der Waals surface area contributed by atoms with Gasteiger partial charge in [0.25, 0.3) is 0 Å². The Bertz CT molecular complexity index is 905. The number of benzene rings is 1. The molecule has 0 saturated heterocycles. The zero-order valence-corrected chi connectivity index (χ0v) is 21.7. The summed E-state index contributed by atoms with van der Waals surface area (Å²) in [6, 6.07) is 12.4. The fourth-order valence-electron chi connectivity index (χ4n) is 4.52. The molecular formula is C27H35BrO4S. The van der Waals surface area contributed by atoms with Crippen LogP contribution in [0.1, 0.15) is 89.6 Å². The van der Waals surface area contributed by atoms with E-state index in [0.717, 1.165) is 50.5 Å². The summed E-state index contributed by atoms with van der Waals surface area (Å²) in [5.74, 6) is 0.556. The van der Waals surface area contributed by atoms with Crippen molar-refractivity contribution in [1.29, 1.82) is 0 Å². The molecule has 0 aliphatic heterocycles. The highest BCUT2D eigenvalue weighted by Gasteiger charge is 2.29. The van der Waals surface area contributed by atoms with Gasteiger partial charge in [0.1, 0.15) is 11.5 Å².